The second-order valence-corrected chi connectivity index (χ2v) is 6.41. The van der Waals surface area contributed by atoms with E-state index in [1.54, 1.807) is 18.2 Å². The van der Waals surface area contributed by atoms with Crippen LogP contribution in [0.4, 0.5) is 0 Å². The molecule has 7 nitrogen and oxygen atoms in total. The normalized spacial score (nSPS) is 17.4. The summed E-state index contributed by atoms with van der Waals surface area (Å²) in [5.41, 5.74) is 0.00906. The molecule has 0 aliphatic heterocycles. The first kappa shape index (κ1) is 17.0. The Labute approximate surface area is 145 Å². The summed E-state index contributed by atoms with van der Waals surface area (Å²) in [5, 5.41) is 19.6. The van der Waals surface area contributed by atoms with E-state index >= 15 is 0 Å². The number of hydrogen-bond donors (Lipinski definition) is 2. The van der Waals surface area contributed by atoms with Crippen molar-refractivity contribution >= 4 is 22.8 Å². The highest BCUT2D eigenvalue weighted by molar-refractivity contribution is 6.02. The van der Waals surface area contributed by atoms with Crippen LogP contribution < -0.4 is 5.32 Å². The number of nitrogens with one attached hydrogen (secondary N) is 2. The van der Waals surface area contributed by atoms with E-state index in [4.69, 9.17) is 4.74 Å². The summed E-state index contributed by atoms with van der Waals surface area (Å²) in [6.45, 7) is 1.50. The average molecular weight is 340 g/mol. The van der Waals surface area contributed by atoms with Crippen molar-refractivity contribution < 1.29 is 14.3 Å². The third-order valence-electron chi connectivity index (χ3n) is 4.60. The molecule has 1 atom stereocenters. The highest BCUT2D eigenvalue weighted by Gasteiger charge is 2.35. The van der Waals surface area contributed by atoms with Crippen molar-refractivity contribution in [2.45, 2.75) is 50.7 Å². The number of carbonyl (C=O) groups excluding carboxylic acids is 2. The van der Waals surface area contributed by atoms with Crippen molar-refractivity contribution in [1.82, 2.24) is 15.5 Å². The molecular formula is C18H20N4O3. The lowest BCUT2D eigenvalue weighted by Crippen LogP contribution is -2.52. The number of amides is 1. The molecular weight excluding hydrogens is 320 g/mol. The topological polar surface area (TPSA) is 108 Å². The van der Waals surface area contributed by atoms with Gasteiger partial charge < -0.3 is 10.1 Å². The fraction of sp³-hybridized carbons (Fsp3) is 0.444. The molecule has 0 saturated heterocycles. The molecule has 2 N–H and O–H groups in total. The molecule has 1 heterocycles. The van der Waals surface area contributed by atoms with E-state index < -0.39 is 23.5 Å². The van der Waals surface area contributed by atoms with Crippen LogP contribution in [0.1, 0.15) is 49.5 Å². The van der Waals surface area contributed by atoms with Gasteiger partial charge in [-0.25, -0.2) is 4.79 Å². The first-order valence-corrected chi connectivity index (χ1v) is 8.42. The monoisotopic (exact) mass is 340 g/mol. The lowest BCUT2D eigenvalue weighted by molar-refractivity contribution is -0.130. The smallest absolute Gasteiger partial charge is 0.360 e. The number of para-hydroxylation sites is 1. The van der Waals surface area contributed by atoms with Gasteiger partial charge in [-0.2, -0.15) is 10.4 Å². The Morgan fingerprint density at radius 2 is 2.04 bits per heavy atom. The number of ether oxygens (including phenoxy) is 1. The minimum atomic E-state index is -1.00. The Balaban J connectivity index is 1.67. The summed E-state index contributed by atoms with van der Waals surface area (Å²) in [4.78, 5) is 24.7. The minimum absolute atomic E-state index is 0.142. The van der Waals surface area contributed by atoms with Crippen molar-refractivity contribution in [2.75, 3.05) is 0 Å². The molecule has 130 valence electrons. The summed E-state index contributed by atoms with van der Waals surface area (Å²) in [6.07, 6.45) is 3.12. The molecule has 2 aromatic rings. The first-order chi connectivity index (χ1) is 12.0. The van der Waals surface area contributed by atoms with Crippen LogP contribution in [0.5, 0.6) is 0 Å². The van der Waals surface area contributed by atoms with Gasteiger partial charge in [-0.15, -0.1) is 0 Å². The van der Waals surface area contributed by atoms with E-state index in [1.165, 1.54) is 6.92 Å². The molecule has 0 unspecified atom stereocenters. The number of rotatable bonds is 4. The Hall–Kier alpha value is -2.88. The second kappa shape index (κ2) is 6.93. The predicted octanol–water partition coefficient (Wildman–Crippen LogP) is 2.45. The molecule has 1 aromatic heterocycles. The summed E-state index contributed by atoms with van der Waals surface area (Å²) in [6, 6.07) is 9.40. The van der Waals surface area contributed by atoms with Gasteiger partial charge in [0.2, 0.25) is 0 Å². The number of hydrogen-bond acceptors (Lipinski definition) is 5. The van der Waals surface area contributed by atoms with Gasteiger partial charge in [0.05, 0.1) is 11.6 Å². The Kier molecular flexibility index (Phi) is 4.70. The van der Waals surface area contributed by atoms with Gasteiger partial charge in [-0.1, -0.05) is 37.5 Å². The van der Waals surface area contributed by atoms with Crippen LogP contribution in [-0.2, 0) is 9.53 Å². The third kappa shape index (κ3) is 3.48. The molecule has 25 heavy (non-hydrogen) atoms. The zero-order chi connectivity index (χ0) is 17.9. The lowest BCUT2D eigenvalue weighted by Gasteiger charge is -2.32. The second-order valence-electron chi connectivity index (χ2n) is 6.41. The summed E-state index contributed by atoms with van der Waals surface area (Å²) in [5.74, 6) is -1.13. The summed E-state index contributed by atoms with van der Waals surface area (Å²) < 4.78 is 5.25. The van der Waals surface area contributed by atoms with E-state index in [1.807, 2.05) is 6.07 Å². The molecule has 0 bridgehead atoms. The average Bonchev–Trinajstić information content (AvgIpc) is 3.06. The maximum Gasteiger partial charge on any atom is 0.360 e. The lowest BCUT2D eigenvalue weighted by atomic mass is 9.83. The van der Waals surface area contributed by atoms with Gasteiger partial charge in [0.25, 0.3) is 5.91 Å². The molecule has 1 fully saturated rings. The zero-order valence-corrected chi connectivity index (χ0v) is 14.0. The van der Waals surface area contributed by atoms with E-state index in [0.717, 1.165) is 24.8 Å². The van der Waals surface area contributed by atoms with E-state index in [2.05, 4.69) is 21.6 Å². The van der Waals surface area contributed by atoms with E-state index in [-0.39, 0.29) is 5.69 Å². The molecule has 3 rings (SSSR count). The van der Waals surface area contributed by atoms with Crippen molar-refractivity contribution in [3.8, 4) is 6.07 Å². The number of benzene rings is 1. The van der Waals surface area contributed by atoms with Gasteiger partial charge in [0.15, 0.2) is 11.8 Å². The first-order valence-electron chi connectivity index (χ1n) is 8.42. The van der Waals surface area contributed by atoms with E-state index in [0.29, 0.717) is 18.2 Å². The van der Waals surface area contributed by atoms with Crippen LogP contribution in [-0.4, -0.2) is 33.7 Å². The summed E-state index contributed by atoms with van der Waals surface area (Å²) >= 11 is 0. The molecule has 1 aromatic carbocycles. The van der Waals surface area contributed by atoms with Gasteiger partial charge in [-0.05, 0) is 25.8 Å². The van der Waals surface area contributed by atoms with Crippen LogP contribution in [0.25, 0.3) is 10.9 Å². The third-order valence-corrected chi connectivity index (χ3v) is 4.60. The quantitative estimate of drug-likeness (QED) is 0.831. The number of aromatic amines is 1. The number of nitriles is 1. The number of carbonyl (C=O) groups is 2. The van der Waals surface area contributed by atoms with Crippen molar-refractivity contribution in [2.24, 2.45) is 0 Å². The minimum Gasteiger partial charge on any atom is -0.448 e. The number of fused-ring (bicyclic) bond motifs is 1. The zero-order valence-electron chi connectivity index (χ0n) is 14.0. The number of nitrogens with zero attached hydrogens (tertiary/aromatic N) is 2. The van der Waals surface area contributed by atoms with Crippen LogP contribution in [0, 0.1) is 11.3 Å². The number of aromatic nitrogens is 2. The van der Waals surface area contributed by atoms with Gasteiger partial charge in [-0.3, -0.25) is 9.89 Å². The largest absolute Gasteiger partial charge is 0.448 e. The summed E-state index contributed by atoms with van der Waals surface area (Å²) in [7, 11) is 0. The Morgan fingerprint density at radius 3 is 2.76 bits per heavy atom. The highest BCUT2D eigenvalue weighted by atomic mass is 16.5. The molecule has 7 heteroatoms. The van der Waals surface area contributed by atoms with Crippen LogP contribution in [0.3, 0.4) is 0 Å². The Bertz CT molecular complexity index is 830. The molecule has 1 aliphatic rings. The molecule has 1 aliphatic carbocycles. The van der Waals surface area contributed by atoms with Crippen LogP contribution in [0.15, 0.2) is 24.3 Å². The highest BCUT2D eigenvalue weighted by Crippen LogP contribution is 2.27. The standard InChI is InChI=1S/C18H20N4O3/c1-12(16(23)20-18(11-19)9-5-2-6-10-18)25-17(24)15-13-7-3-4-8-14(13)21-22-15/h3-4,7-8,12H,2,5-6,9-10H2,1H3,(H,20,23)(H,21,22)/t12-/m1/s1. The Morgan fingerprint density at radius 1 is 1.32 bits per heavy atom. The van der Waals surface area contributed by atoms with Gasteiger partial charge in [0, 0.05) is 5.39 Å². The maximum atomic E-state index is 12.4. The molecule has 0 radical (unpaired) electrons. The molecule has 1 amide bonds. The van der Waals surface area contributed by atoms with Crippen LogP contribution in [0.2, 0.25) is 0 Å². The maximum absolute atomic E-state index is 12.4. The number of esters is 1. The predicted molar refractivity (Wildman–Crippen MR) is 90.5 cm³/mol. The van der Waals surface area contributed by atoms with Crippen LogP contribution >= 0.6 is 0 Å². The number of H-pyrrole nitrogens is 1. The fourth-order valence-electron chi connectivity index (χ4n) is 3.15. The van der Waals surface area contributed by atoms with Gasteiger partial charge >= 0.3 is 5.97 Å². The van der Waals surface area contributed by atoms with Crippen molar-refractivity contribution in [3.05, 3.63) is 30.0 Å². The fourth-order valence-corrected chi connectivity index (χ4v) is 3.15. The SMILES string of the molecule is C[C@@H](OC(=O)c1n[nH]c2ccccc12)C(=O)NC1(C#N)CCCCC1. The van der Waals surface area contributed by atoms with Gasteiger partial charge in [0.1, 0.15) is 5.54 Å². The molecule has 0 spiro atoms. The molecule has 1 saturated carbocycles. The van der Waals surface area contributed by atoms with Crippen molar-refractivity contribution in [1.29, 1.82) is 5.26 Å². The van der Waals surface area contributed by atoms with Crippen molar-refractivity contribution in [3.63, 3.8) is 0 Å². The van der Waals surface area contributed by atoms with E-state index in [9.17, 15) is 14.9 Å².